The Morgan fingerprint density at radius 2 is 1.67 bits per heavy atom. The summed E-state index contributed by atoms with van der Waals surface area (Å²) in [4.78, 5) is 24.9. The predicted molar refractivity (Wildman–Crippen MR) is 93.1 cm³/mol. The summed E-state index contributed by atoms with van der Waals surface area (Å²) in [6.45, 7) is 3.51. The second-order valence-electron chi connectivity index (χ2n) is 5.56. The molecule has 4 heteroatoms. The molecule has 24 heavy (non-hydrogen) atoms. The van der Waals surface area contributed by atoms with Gasteiger partial charge in [-0.15, -0.1) is 0 Å². The Labute approximate surface area is 142 Å². The van der Waals surface area contributed by atoms with Gasteiger partial charge in [-0.05, 0) is 37.1 Å². The number of hydrogen-bond donors (Lipinski definition) is 0. The molecule has 0 heterocycles. The molecule has 2 rings (SSSR count). The highest BCUT2D eigenvalue weighted by molar-refractivity contribution is 6.11. The van der Waals surface area contributed by atoms with Crippen LogP contribution in [0.1, 0.15) is 47.7 Å². The fourth-order valence-corrected chi connectivity index (χ4v) is 2.87. The number of ketones is 2. The van der Waals surface area contributed by atoms with Crippen LogP contribution in [0.5, 0.6) is 11.5 Å². The minimum Gasteiger partial charge on any atom is -0.493 e. The molecule has 0 spiro atoms. The maximum Gasteiger partial charge on any atom is 0.193 e. The van der Waals surface area contributed by atoms with Gasteiger partial charge in [-0.1, -0.05) is 31.2 Å². The minimum absolute atomic E-state index is 0.0602. The van der Waals surface area contributed by atoms with Crippen molar-refractivity contribution in [2.75, 3.05) is 14.2 Å². The van der Waals surface area contributed by atoms with E-state index in [9.17, 15) is 9.59 Å². The first-order valence-electron chi connectivity index (χ1n) is 7.89. The van der Waals surface area contributed by atoms with Gasteiger partial charge < -0.3 is 9.47 Å². The molecule has 126 valence electrons. The van der Waals surface area contributed by atoms with Crippen molar-refractivity contribution in [2.24, 2.45) is 0 Å². The molecule has 0 fully saturated rings. The van der Waals surface area contributed by atoms with Gasteiger partial charge in [0.2, 0.25) is 0 Å². The average molecular weight is 326 g/mol. The molecule has 2 aromatic rings. The molecule has 0 aliphatic heterocycles. The summed E-state index contributed by atoms with van der Waals surface area (Å²) >= 11 is 0. The van der Waals surface area contributed by atoms with E-state index in [1.54, 1.807) is 38.3 Å². The zero-order chi connectivity index (χ0) is 17.7. The molecule has 1 atom stereocenters. The second kappa shape index (κ2) is 7.77. The van der Waals surface area contributed by atoms with Gasteiger partial charge in [-0.25, -0.2) is 0 Å². The summed E-state index contributed by atoms with van der Waals surface area (Å²) in [5, 5.41) is 0. The van der Waals surface area contributed by atoms with Gasteiger partial charge in [0, 0.05) is 17.0 Å². The standard InChI is InChI=1S/C20H22O4/c1-5-15(13(2)21)16-8-6-7-9-17(16)20(22)14-10-11-18(23-3)19(12-14)24-4/h6-12,15H,5H2,1-4H3. The molecule has 0 aromatic heterocycles. The van der Waals surface area contributed by atoms with Crippen LogP contribution in [0, 0.1) is 0 Å². The quantitative estimate of drug-likeness (QED) is 0.721. The van der Waals surface area contributed by atoms with Crippen LogP contribution in [-0.2, 0) is 4.79 Å². The van der Waals surface area contributed by atoms with Crippen molar-refractivity contribution in [2.45, 2.75) is 26.2 Å². The van der Waals surface area contributed by atoms with E-state index in [4.69, 9.17) is 9.47 Å². The summed E-state index contributed by atoms with van der Waals surface area (Å²) in [5.41, 5.74) is 1.82. The lowest BCUT2D eigenvalue weighted by atomic mass is 9.86. The van der Waals surface area contributed by atoms with E-state index < -0.39 is 0 Å². The number of Topliss-reactive ketones (excluding diaryl/α,β-unsaturated/α-hetero) is 1. The highest BCUT2D eigenvalue weighted by Gasteiger charge is 2.22. The van der Waals surface area contributed by atoms with E-state index in [1.165, 1.54) is 7.11 Å². The van der Waals surface area contributed by atoms with Crippen molar-refractivity contribution in [1.82, 2.24) is 0 Å². The summed E-state index contributed by atoms with van der Waals surface area (Å²) in [7, 11) is 3.08. The van der Waals surface area contributed by atoms with E-state index in [0.29, 0.717) is 29.0 Å². The summed E-state index contributed by atoms with van der Waals surface area (Å²) < 4.78 is 10.5. The van der Waals surface area contributed by atoms with Crippen molar-refractivity contribution < 1.29 is 19.1 Å². The zero-order valence-electron chi connectivity index (χ0n) is 14.5. The van der Waals surface area contributed by atoms with Gasteiger partial charge in [0.05, 0.1) is 14.2 Å². The molecule has 0 amide bonds. The van der Waals surface area contributed by atoms with Crippen molar-refractivity contribution in [3.05, 3.63) is 59.2 Å². The Morgan fingerprint density at radius 1 is 1.00 bits per heavy atom. The molecule has 0 aliphatic rings. The van der Waals surface area contributed by atoms with Gasteiger partial charge in [0.25, 0.3) is 0 Å². The molecule has 4 nitrogen and oxygen atoms in total. The number of hydrogen-bond acceptors (Lipinski definition) is 4. The largest absolute Gasteiger partial charge is 0.493 e. The fourth-order valence-electron chi connectivity index (χ4n) is 2.87. The molecule has 2 aromatic carbocycles. The van der Waals surface area contributed by atoms with Crippen LogP contribution in [0.2, 0.25) is 0 Å². The Kier molecular flexibility index (Phi) is 5.74. The van der Waals surface area contributed by atoms with Crippen LogP contribution in [0.4, 0.5) is 0 Å². The first-order valence-corrected chi connectivity index (χ1v) is 7.89. The smallest absolute Gasteiger partial charge is 0.193 e. The molecule has 0 saturated heterocycles. The van der Waals surface area contributed by atoms with Gasteiger partial charge in [0.15, 0.2) is 17.3 Å². The van der Waals surface area contributed by atoms with Crippen LogP contribution >= 0.6 is 0 Å². The van der Waals surface area contributed by atoms with Gasteiger partial charge in [-0.3, -0.25) is 9.59 Å². The number of carbonyl (C=O) groups is 2. The van der Waals surface area contributed by atoms with Gasteiger partial charge in [-0.2, -0.15) is 0 Å². The molecular formula is C20H22O4. The second-order valence-corrected chi connectivity index (χ2v) is 5.56. The van der Waals surface area contributed by atoms with E-state index >= 15 is 0 Å². The Hall–Kier alpha value is -2.62. The first kappa shape index (κ1) is 17.7. The van der Waals surface area contributed by atoms with Crippen LogP contribution in [-0.4, -0.2) is 25.8 Å². The van der Waals surface area contributed by atoms with Gasteiger partial charge in [0.1, 0.15) is 5.78 Å². The van der Waals surface area contributed by atoms with Crippen LogP contribution in [0.15, 0.2) is 42.5 Å². The Bertz CT molecular complexity index is 749. The third kappa shape index (κ3) is 3.48. The normalized spacial score (nSPS) is 11.7. The van der Waals surface area contributed by atoms with E-state index in [0.717, 1.165) is 5.56 Å². The number of benzene rings is 2. The first-order chi connectivity index (χ1) is 11.5. The highest BCUT2D eigenvalue weighted by atomic mass is 16.5. The van der Waals surface area contributed by atoms with E-state index in [1.807, 2.05) is 25.1 Å². The fraction of sp³-hybridized carbons (Fsp3) is 0.300. The predicted octanol–water partition coefficient (Wildman–Crippen LogP) is 4.02. The lowest BCUT2D eigenvalue weighted by molar-refractivity contribution is -0.118. The lowest BCUT2D eigenvalue weighted by Crippen LogP contribution is -2.14. The van der Waals surface area contributed by atoms with Crippen LogP contribution < -0.4 is 9.47 Å². The van der Waals surface area contributed by atoms with Crippen LogP contribution in [0.25, 0.3) is 0 Å². The number of ether oxygens (including phenoxy) is 2. The van der Waals surface area contributed by atoms with E-state index in [2.05, 4.69) is 0 Å². The molecular weight excluding hydrogens is 304 g/mol. The number of methoxy groups -OCH3 is 2. The third-order valence-electron chi connectivity index (χ3n) is 4.13. The molecule has 1 unspecified atom stereocenters. The molecule has 0 aliphatic carbocycles. The van der Waals surface area contributed by atoms with Crippen molar-refractivity contribution in [3.8, 4) is 11.5 Å². The summed E-state index contributed by atoms with van der Waals surface area (Å²) in [5.74, 6) is 0.721. The zero-order valence-corrected chi connectivity index (χ0v) is 14.5. The lowest BCUT2D eigenvalue weighted by Gasteiger charge is -2.16. The third-order valence-corrected chi connectivity index (χ3v) is 4.13. The minimum atomic E-state index is -0.273. The summed E-state index contributed by atoms with van der Waals surface area (Å²) in [6, 6.07) is 12.3. The molecule has 0 radical (unpaired) electrons. The average Bonchev–Trinajstić information content (AvgIpc) is 2.61. The Morgan fingerprint density at radius 3 is 2.25 bits per heavy atom. The van der Waals surface area contributed by atoms with Gasteiger partial charge >= 0.3 is 0 Å². The summed E-state index contributed by atoms with van der Waals surface area (Å²) in [6.07, 6.45) is 0.658. The maximum absolute atomic E-state index is 13.0. The molecule has 0 saturated carbocycles. The SMILES string of the molecule is CCC(C(C)=O)c1ccccc1C(=O)c1ccc(OC)c(OC)c1. The highest BCUT2D eigenvalue weighted by Crippen LogP contribution is 2.30. The number of rotatable bonds is 7. The van der Waals surface area contributed by atoms with Crippen LogP contribution in [0.3, 0.4) is 0 Å². The monoisotopic (exact) mass is 326 g/mol. The van der Waals surface area contributed by atoms with Crippen molar-refractivity contribution >= 4 is 11.6 Å². The topological polar surface area (TPSA) is 52.6 Å². The van der Waals surface area contributed by atoms with Crippen molar-refractivity contribution in [3.63, 3.8) is 0 Å². The van der Waals surface area contributed by atoms with E-state index in [-0.39, 0.29) is 17.5 Å². The Balaban J connectivity index is 2.49. The number of carbonyl (C=O) groups excluding carboxylic acids is 2. The van der Waals surface area contributed by atoms with Crippen molar-refractivity contribution in [1.29, 1.82) is 0 Å². The molecule has 0 N–H and O–H groups in total. The maximum atomic E-state index is 13.0. The molecule has 0 bridgehead atoms.